The van der Waals surface area contributed by atoms with Gasteiger partial charge in [0.2, 0.25) is 11.4 Å². The maximum Gasteiger partial charge on any atom is 0.369 e. The van der Waals surface area contributed by atoms with Crippen LogP contribution in [0.3, 0.4) is 0 Å². The highest BCUT2D eigenvalue weighted by atomic mass is 31.2. The van der Waals surface area contributed by atoms with Crippen molar-refractivity contribution in [3.05, 3.63) is 18.7 Å². The second-order valence-corrected chi connectivity index (χ2v) is 13.3. The molecular formula is C8H18N2O14P4-2. The van der Waals surface area contributed by atoms with E-state index >= 15 is 0 Å². The quantitative estimate of drug-likeness (QED) is 0.134. The van der Waals surface area contributed by atoms with Crippen molar-refractivity contribution in [3.8, 4) is 0 Å². The maximum absolute atomic E-state index is 11.2. The molecule has 0 aliphatic rings. The summed E-state index contributed by atoms with van der Waals surface area (Å²) < 4.78 is 45.6. The summed E-state index contributed by atoms with van der Waals surface area (Å²) in [5, 5.41) is 11.3. The summed E-state index contributed by atoms with van der Waals surface area (Å²) >= 11 is 0. The van der Waals surface area contributed by atoms with Crippen LogP contribution in [-0.2, 0) is 31.3 Å². The molecule has 16 nitrogen and oxygen atoms in total. The molecule has 0 amide bonds. The van der Waals surface area contributed by atoms with Gasteiger partial charge in [-0.1, -0.05) is 7.43 Å². The second kappa shape index (κ2) is 8.10. The first-order valence-corrected chi connectivity index (χ1v) is 12.7. The van der Waals surface area contributed by atoms with E-state index in [1.165, 1.54) is 0 Å². The first-order valence-electron chi connectivity index (χ1n) is 6.33. The second-order valence-electron chi connectivity index (χ2n) is 5.41. The van der Waals surface area contributed by atoms with Crippen LogP contribution >= 0.6 is 30.4 Å². The Balaban J connectivity index is 0.00000729. The van der Waals surface area contributed by atoms with E-state index in [9.17, 15) is 43.2 Å². The monoisotopic (exact) mass is 490 g/mol. The molecule has 0 radical (unpaired) electrons. The lowest BCUT2D eigenvalue weighted by Crippen LogP contribution is -2.48. The third kappa shape index (κ3) is 5.25. The summed E-state index contributed by atoms with van der Waals surface area (Å²) in [6.45, 7) is -3.04. The average molecular weight is 490 g/mol. The third-order valence-corrected chi connectivity index (χ3v) is 10.6. The summed E-state index contributed by atoms with van der Waals surface area (Å²) in [6.07, 6.45) is 2.01. The number of hydrogen-bond donors (Lipinski definition) is 7. The van der Waals surface area contributed by atoms with Crippen molar-refractivity contribution in [2.75, 3.05) is 0 Å². The van der Waals surface area contributed by atoms with E-state index < -0.39 is 53.6 Å². The Morgan fingerprint density at radius 1 is 0.857 bits per heavy atom. The van der Waals surface area contributed by atoms with Gasteiger partial charge in [-0.2, -0.15) is 0 Å². The first kappa shape index (κ1) is 27.7. The zero-order valence-corrected chi connectivity index (χ0v) is 16.4. The van der Waals surface area contributed by atoms with Crippen molar-refractivity contribution in [2.45, 2.75) is 30.7 Å². The van der Waals surface area contributed by atoms with E-state index in [1.807, 2.05) is 0 Å². The standard InChI is InChI=1S/C7H16N2O14P4.CH4/c10-6(24(12,13)14,25(15,16)17)3-8-1-2-9(5-8)4-7(11,26(18,19)20)27(21,22)23;/h1-2,5,10-11H,3-4H2,(H7-,12,13,14,15,16,17,18,19,20,21,22,23);1H4/p-2. The number of rotatable bonds is 8. The summed E-state index contributed by atoms with van der Waals surface area (Å²) in [5.41, 5.74) is 0. The van der Waals surface area contributed by atoms with Crippen molar-refractivity contribution >= 4 is 30.4 Å². The minimum Gasteiger partial charge on any atom is -0.776 e. The molecule has 0 aliphatic carbocycles. The Labute approximate surface area is 157 Å². The van der Waals surface area contributed by atoms with E-state index in [2.05, 4.69) is 0 Å². The topological polar surface area (TPSA) is 288 Å². The Morgan fingerprint density at radius 2 is 1.25 bits per heavy atom. The number of aliphatic hydroxyl groups is 2. The van der Waals surface area contributed by atoms with Crippen LogP contribution in [0.4, 0.5) is 0 Å². The van der Waals surface area contributed by atoms with E-state index in [0.29, 0.717) is 15.5 Å². The van der Waals surface area contributed by atoms with Gasteiger partial charge in [0.25, 0.3) is 5.08 Å². The highest BCUT2D eigenvalue weighted by Gasteiger charge is 2.56. The van der Waals surface area contributed by atoms with Crippen molar-refractivity contribution < 1.29 is 72.2 Å². The summed E-state index contributed by atoms with van der Waals surface area (Å²) in [6, 6.07) is 0. The van der Waals surface area contributed by atoms with Gasteiger partial charge in [0.05, 0.1) is 0 Å². The van der Waals surface area contributed by atoms with Crippen LogP contribution in [-0.4, -0.2) is 49.4 Å². The number of nitrogens with zero attached hydrogens (tertiary/aromatic N) is 2. The third-order valence-electron chi connectivity index (χ3n) is 3.36. The van der Waals surface area contributed by atoms with Crippen molar-refractivity contribution in [3.63, 3.8) is 0 Å². The lowest BCUT2D eigenvalue weighted by atomic mass is 10.6. The van der Waals surface area contributed by atoms with Crippen LogP contribution in [0.2, 0.25) is 0 Å². The normalized spacial score (nSPS) is 23.2. The zero-order chi connectivity index (χ0) is 21.7. The fourth-order valence-corrected chi connectivity index (χ4v) is 5.77. The Morgan fingerprint density at radius 3 is 1.57 bits per heavy atom. The van der Waals surface area contributed by atoms with Crippen LogP contribution in [0.15, 0.2) is 18.7 Å². The molecule has 166 valence electrons. The highest BCUT2D eigenvalue weighted by molar-refractivity contribution is 7.71. The minimum absolute atomic E-state index is 0. The van der Waals surface area contributed by atoms with Crippen LogP contribution in [0.1, 0.15) is 7.43 Å². The number of hydrogen-bond acceptors (Lipinski definition) is 9. The lowest BCUT2D eigenvalue weighted by Gasteiger charge is -2.40. The minimum atomic E-state index is -6.12. The van der Waals surface area contributed by atoms with Gasteiger partial charge in [-0.05, 0) is 0 Å². The van der Waals surface area contributed by atoms with Gasteiger partial charge in [0.15, 0.2) is 22.8 Å². The molecule has 28 heavy (non-hydrogen) atoms. The van der Waals surface area contributed by atoms with E-state index in [4.69, 9.17) is 24.5 Å². The summed E-state index contributed by atoms with van der Waals surface area (Å²) in [4.78, 5) is 78.1. The van der Waals surface area contributed by atoms with Gasteiger partial charge >= 0.3 is 7.60 Å². The molecule has 0 fully saturated rings. The molecule has 0 aliphatic heterocycles. The van der Waals surface area contributed by atoms with Crippen LogP contribution < -0.4 is 19.2 Å². The fraction of sp³-hybridized carbons (Fsp3) is 0.625. The van der Waals surface area contributed by atoms with Crippen LogP contribution in [0, 0.1) is 0 Å². The fourth-order valence-electron chi connectivity index (χ4n) is 1.80. The molecule has 7 N–H and O–H groups in total. The molecule has 4 unspecified atom stereocenters. The largest absolute Gasteiger partial charge is 0.776 e. The van der Waals surface area contributed by atoms with Gasteiger partial charge in [-0.25, -0.2) is 9.13 Å². The molecule has 0 saturated carbocycles. The number of aromatic nitrogens is 2. The molecule has 1 rings (SSSR count). The molecule has 1 aromatic rings. The van der Waals surface area contributed by atoms with Crippen molar-refractivity contribution in [2.24, 2.45) is 0 Å². The van der Waals surface area contributed by atoms with Gasteiger partial charge in [0.1, 0.15) is 25.5 Å². The maximum atomic E-state index is 11.2. The Hall–Kier alpha value is -0.270. The Kier molecular flexibility index (Phi) is 8.03. The highest BCUT2D eigenvalue weighted by Crippen LogP contribution is 2.65. The van der Waals surface area contributed by atoms with E-state index in [1.54, 1.807) is 0 Å². The summed E-state index contributed by atoms with van der Waals surface area (Å²) in [7, 11) is -24.2. The SMILES string of the molecule is C.O=P([O-])(O)C(O)(Cn1cc[n+](CC(O)(P(=O)([O-])O)P(=O)(O)O)c1)P(=O)([O-])O. The molecular weight excluding hydrogens is 472 g/mol. The molecule has 0 bridgehead atoms. The van der Waals surface area contributed by atoms with E-state index in [0.717, 1.165) is 12.4 Å². The Bertz CT molecular complexity index is 772. The van der Waals surface area contributed by atoms with Crippen LogP contribution in [0.25, 0.3) is 0 Å². The molecule has 0 saturated heterocycles. The first-order chi connectivity index (χ1) is 11.7. The lowest BCUT2D eigenvalue weighted by molar-refractivity contribution is -0.703. The molecule has 1 heterocycles. The molecule has 0 aromatic carbocycles. The molecule has 0 spiro atoms. The molecule has 4 atom stereocenters. The van der Waals surface area contributed by atoms with Gasteiger partial charge in [0, 0.05) is 0 Å². The van der Waals surface area contributed by atoms with Gasteiger partial charge in [-0.3, -0.25) is 4.57 Å². The van der Waals surface area contributed by atoms with Crippen molar-refractivity contribution in [1.82, 2.24) is 4.57 Å². The van der Waals surface area contributed by atoms with E-state index in [-0.39, 0.29) is 7.43 Å². The van der Waals surface area contributed by atoms with Crippen LogP contribution in [0.5, 0.6) is 0 Å². The van der Waals surface area contributed by atoms with Gasteiger partial charge < -0.3 is 63.1 Å². The average Bonchev–Trinajstić information content (AvgIpc) is 2.80. The molecule has 20 heteroatoms. The smallest absolute Gasteiger partial charge is 0.369 e. The number of imidazole rings is 1. The van der Waals surface area contributed by atoms with Crippen molar-refractivity contribution in [1.29, 1.82) is 0 Å². The summed E-state index contributed by atoms with van der Waals surface area (Å²) in [5.74, 6) is 0. The predicted octanol–water partition coefficient (Wildman–Crippen LogP) is -4.48. The molecule has 1 aromatic heterocycles. The van der Waals surface area contributed by atoms with Gasteiger partial charge in [-0.15, -0.1) is 0 Å². The zero-order valence-electron chi connectivity index (χ0n) is 12.8. The predicted molar refractivity (Wildman–Crippen MR) is 82.8 cm³/mol.